The minimum atomic E-state index is -4.18. The number of rotatable bonds is 5. The van der Waals surface area contributed by atoms with Crippen LogP contribution in [0.4, 0.5) is 5.69 Å². The molecule has 0 aliphatic carbocycles. The molecule has 1 N–H and O–H groups in total. The maximum atomic E-state index is 13.0. The van der Waals surface area contributed by atoms with E-state index in [1.54, 1.807) is 6.07 Å². The van der Waals surface area contributed by atoms with Crippen LogP contribution < -0.4 is 4.31 Å². The van der Waals surface area contributed by atoms with E-state index in [4.69, 9.17) is 34.8 Å². The molecule has 1 atom stereocenters. The van der Waals surface area contributed by atoms with Crippen molar-refractivity contribution in [3.05, 3.63) is 57.5 Å². The topological polar surface area (TPSA) is 74.7 Å². The number of nitrogens with zero attached hydrogens (tertiary/aromatic N) is 1. The summed E-state index contributed by atoms with van der Waals surface area (Å²) >= 11 is 17.9. The summed E-state index contributed by atoms with van der Waals surface area (Å²) in [6, 6.07) is 8.53. The lowest BCUT2D eigenvalue weighted by atomic mass is 10.2. The summed E-state index contributed by atoms with van der Waals surface area (Å²) in [7, 11) is -4.18. The van der Waals surface area contributed by atoms with Gasteiger partial charge in [0.25, 0.3) is 10.0 Å². The second-order valence-electron chi connectivity index (χ2n) is 4.85. The monoisotopic (exact) mass is 407 g/mol. The number of carbonyl (C=O) groups is 1. The van der Waals surface area contributed by atoms with Crippen molar-refractivity contribution < 1.29 is 18.3 Å². The van der Waals surface area contributed by atoms with Gasteiger partial charge in [-0.1, -0.05) is 53.0 Å². The highest BCUT2D eigenvalue weighted by molar-refractivity contribution is 7.93. The van der Waals surface area contributed by atoms with Gasteiger partial charge >= 0.3 is 5.97 Å². The molecule has 0 aromatic heterocycles. The Labute approximate surface area is 154 Å². The molecule has 0 saturated carbocycles. The van der Waals surface area contributed by atoms with Crippen molar-refractivity contribution in [1.82, 2.24) is 0 Å². The Morgan fingerprint density at radius 2 is 1.58 bits per heavy atom. The normalized spacial score (nSPS) is 12.7. The smallest absolute Gasteiger partial charge is 0.327 e. The quantitative estimate of drug-likeness (QED) is 0.748. The summed E-state index contributed by atoms with van der Waals surface area (Å²) < 4.78 is 26.6. The number of benzene rings is 2. The highest BCUT2D eigenvalue weighted by Gasteiger charge is 2.34. The average Bonchev–Trinajstić information content (AvgIpc) is 2.53. The Morgan fingerprint density at radius 1 is 1.04 bits per heavy atom. The van der Waals surface area contributed by atoms with Crippen molar-refractivity contribution in [3.8, 4) is 0 Å². The third kappa shape index (κ3) is 3.62. The van der Waals surface area contributed by atoms with Crippen LogP contribution in [0.5, 0.6) is 0 Å². The molecule has 0 bridgehead atoms. The number of carboxylic acids is 1. The molecule has 0 aliphatic rings. The number of hydrogen-bond donors (Lipinski definition) is 1. The average molecular weight is 409 g/mol. The zero-order chi connectivity index (χ0) is 18.1. The number of anilines is 1. The van der Waals surface area contributed by atoms with Gasteiger partial charge in [0.05, 0.1) is 25.7 Å². The van der Waals surface area contributed by atoms with Gasteiger partial charge in [-0.2, -0.15) is 0 Å². The highest BCUT2D eigenvalue weighted by atomic mass is 35.5. The van der Waals surface area contributed by atoms with Gasteiger partial charge in [-0.05, 0) is 31.2 Å². The van der Waals surface area contributed by atoms with E-state index in [1.807, 2.05) is 0 Å². The van der Waals surface area contributed by atoms with E-state index in [0.29, 0.717) is 0 Å². The van der Waals surface area contributed by atoms with Crippen LogP contribution in [0.3, 0.4) is 0 Å². The second-order valence-corrected chi connectivity index (χ2v) is 7.88. The van der Waals surface area contributed by atoms with Gasteiger partial charge < -0.3 is 5.11 Å². The molecule has 24 heavy (non-hydrogen) atoms. The number of sulfonamides is 1. The van der Waals surface area contributed by atoms with Crippen molar-refractivity contribution in [2.45, 2.75) is 17.9 Å². The van der Waals surface area contributed by atoms with Crippen LogP contribution in [0.1, 0.15) is 6.92 Å². The summed E-state index contributed by atoms with van der Waals surface area (Å²) in [4.78, 5) is 11.4. The summed E-state index contributed by atoms with van der Waals surface area (Å²) in [6.45, 7) is 1.24. The van der Waals surface area contributed by atoms with Crippen LogP contribution in [0, 0.1) is 0 Å². The number of aliphatic carboxylic acids is 1. The molecule has 2 aromatic carbocycles. The summed E-state index contributed by atoms with van der Waals surface area (Å²) in [5.41, 5.74) is -0.0650. The Kier molecular flexibility index (Phi) is 5.65. The molecule has 0 amide bonds. The van der Waals surface area contributed by atoms with Crippen molar-refractivity contribution >= 4 is 56.5 Å². The van der Waals surface area contributed by atoms with Gasteiger partial charge in [0.15, 0.2) is 0 Å². The number of carboxylic acid groups (broad SMARTS) is 1. The largest absolute Gasteiger partial charge is 0.480 e. The minimum Gasteiger partial charge on any atom is -0.480 e. The third-order valence-electron chi connectivity index (χ3n) is 3.24. The molecule has 2 aromatic rings. The fourth-order valence-corrected chi connectivity index (χ4v) is 4.36. The Balaban J connectivity index is 2.72. The second kappa shape index (κ2) is 7.19. The summed E-state index contributed by atoms with van der Waals surface area (Å²) in [5.74, 6) is -1.34. The van der Waals surface area contributed by atoms with E-state index in [-0.39, 0.29) is 25.7 Å². The van der Waals surface area contributed by atoms with Crippen LogP contribution in [-0.4, -0.2) is 25.5 Å². The summed E-state index contributed by atoms with van der Waals surface area (Å²) in [6.07, 6.45) is 0. The van der Waals surface area contributed by atoms with Gasteiger partial charge in [0.2, 0.25) is 0 Å². The van der Waals surface area contributed by atoms with E-state index in [2.05, 4.69) is 0 Å². The molecule has 0 radical (unpaired) electrons. The lowest BCUT2D eigenvalue weighted by Gasteiger charge is -2.29. The molecule has 2 rings (SSSR count). The predicted molar refractivity (Wildman–Crippen MR) is 94.7 cm³/mol. The summed E-state index contributed by atoms with van der Waals surface area (Å²) in [5, 5.41) is 9.49. The molecule has 1 unspecified atom stereocenters. The van der Waals surface area contributed by atoms with Gasteiger partial charge in [-0.15, -0.1) is 0 Å². The maximum absolute atomic E-state index is 13.0. The number of hydrogen-bond acceptors (Lipinski definition) is 3. The fraction of sp³-hybridized carbons (Fsp3) is 0.133. The Bertz CT molecular complexity index is 872. The lowest BCUT2D eigenvalue weighted by molar-refractivity contribution is -0.137. The molecule has 5 nitrogen and oxygen atoms in total. The molecular formula is C15H12Cl3NO4S. The zero-order valence-electron chi connectivity index (χ0n) is 12.3. The van der Waals surface area contributed by atoms with Gasteiger partial charge in [-0.25, -0.2) is 13.2 Å². The maximum Gasteiger partial charge on any atom is 0.327 e. The first-order valence-corrected chi connectivity index (χ1v) is 9.20. The molecule has 0 aliphatic heterocycles. The lowest BCUT2D eigenvalue weighted by Crippen LogP contribution is -2.43. The molecule has 128 valence electrons. The van der Waals surface area contributed by atoms with E-state index in [1.165, 1.54) is 43.3 Å². The van der Waals surface area contributed by atoms with Crippen molar-refractivity contribution in [3.63, 3.8) is 0 Å². The minimum absolute atomic E-state index is 0.0305. The van der Waals surface area contributed by atoms with Gasteiger partial charge in [0, 0.05) is 0 Å². The van der Waals surface area contributed by atoms with Crippen molar-refractivity contribution in [1.29, 1.82) is 0 Å². The highest BCUT2D eigenvalue weighted by Crippen LogP contribution is 2.38. The van der Waals surface area contributed by atoms with Crippen LogP contribution in [0.25, 0.3) is 0 Å². The van der Waals surface area contributed by atoms with Crippen LogP contribution in [0.15, 0.2) is 47.4 Å². The standard InChI is InChI=1S/C15H12Cl3NO4S/c1-9(15(20)21)19(14-8-12(17)11(16)7-13(14)18)24(22,23)10-5-3-2-4-6-10/h2-9H,1H3,(H,20,21). The molecule has 0 heterocycles. The van der Waals surface area contributed by atoms with Crippen LogP contribution in [-0.2, 0) is 14.8 Å². The van der Waals surface area contributed by atoms with Crippen LogP contribution >= 0.6 is 34.8 Å². The van der Waals surface area contributed by atoms with Crippen LogP contribution in [0.2, 0.25) is 15.1 Å². The van der Waals surface area contributed by atoms with Gasteiger partial charge in [0.1, 0.15) is 6.04 Å². The molecular weight excluding hydrogens is 397 g/mol. The van der Waals surface area contributed by atoms with E-state index in [0.717, 1.165) is 4.31 Å². The first-order chi connectivity index (χ1) is 11.2. The molecule has 0 saturated heterocycles. The van der Waals surface area contributed by atoms with Crippen molar-refractivity contribution in [2.75, 3.05) is 4.31 Å². The van der Waals surface area contributed by atoms with E-state index >= 15 is 0 Å². The van der Waals surface area contributed by atoms with E-state index < -0.39 is 22.0 Å². The first kappa shape index (κ1) is 18.9. The molecule has 0 spiro atoms. The molecule has 0 fully saturated rings. The van der Waals surface area contributed by atoms with E-state index in [9.17, 15) is 18.3 Å². The third-order valence-corrected chi connectivity index (χ3v) is 6.16. The van der Waals surface area contributed by atoms with Gasteiger partial charge in [-0.3, -0.25) is 4.31 Å². The Hall–Kier alpha value is -1.47. The fourth-order valence-electron chi connectivity index (χ4n) is 2.03. The zero-order valence-corrected chi connectivity index (χ0v) is 15.4. The predicted octanol–water partition coefficient (Wildman–Crippen LogP) is 4.32. The Morgan fingerprint density at radius 3 is 2.12 bits per heavy atom. The number of halogens is 3. The SMILES string of the molecule is CC(C(=O)O)N(c1cc(Cl)c(Cl)cc1Cl)S(=O)(=O)c1ccccc1. The first-order valence-electron chi connectivity index (χ1n) is 6.63. The van der Waals surface area contributed by atoms with Crippen molar-refractivity contribution in [2.24, 2.45) is 0 Å². The molecule has 9 heteroatoms.